The summed E-state index contributed by atoms with van der Waals surface area (Å²) in [4.78, 5) is 30.7. The highest BCUT2D eigenvalue weighted by atomic mass is 32.2. The molecule has 0 aromatic heterocycles. The Morgan fingerprint density at radius 2 is 1.94 bits per heavy atom. The number of hydrogen-bond acceptors (Lipinski definition) is 4. The molecular weight excluding hydrogens is 434 g/mol. The summed E-state index contributed by atoms with van der Waals surface area (Å²) in [7, 11) is 0. The smallest absolute Gasteiger partial charge is 0.355 e. The summed E-state index contributed by atoms with van der Waals surface area (Å²) in [6.45, 7) is 2.17. The van der Waals surface area contributed by atoms with Crippen molar-refractivity contribution < 1.29 is 27.2 Å². The first-order valence-electron chi connectivity index (χ1n) is 9.42. The Morgan fingerprint density at radius 1 is 1.23 bits per heavy atom. The summed E-state index contributed by atoms with van der Waals surface area (Å²) in [5.74, 6) is -1.18. The molecule has 2 aromatic rings. The lowest BCUT2D eigenvalue weighted by molar-refractivity contribution is -0.137. The van der Waals surface area contributed by atoms with Gasteiger partial charge in [0.25, 0.3) is 0 Å². The zero-order chi connectivity index (χ0) is 22.6. The van der Waals surface area contributed by atoms with Crippen molar-refractivity contribution in [2.24, 2.45) is 4.99 Å². The molecule has 1 aliphatic heterocycles. The standard InChI is InChI=1S/C21H19F4N3O2S/c1-2-26-19(30)17-11-18(29)28(12-13-6-8-15(22)9-7-13)20(31-17)27-16-5-3-4-14(10-16)21(23,24)25/h3-10,17H,2,11-12H2,1H3,(H,26,30). The van der Waals surface area contributed by atoms with E-state index in [2.05, 4.69) is 10.3 Å². The summed E-state index contributed by atoms with van der Waals surface area (Å²) in [5.41, 5.74) is -0.249. The molecule has 1 heterocycles. The summed E-state index contributed by atoms with van der Waals surface area (Å²) >= 11 is 1.01. The van der Waals surface area contributed by atoms with Gasteiger partial charge in [-0.25, -0.2) is 9.38 Å². The summed E-state index contributed by atoms with van der Waals surface area (Å²) < 4.78 is 52.4. The van der Waals surface area contributed by atoms with E-state index in [-0.39, 0.29) is 29.7 Å². The second-order valence-corrected chi connectivity index (χ2v) is 7.92. The van der Waals surface area contributed by atoms with Gasteiger partial charge >= 0.3 is 6.18 Å². The Morgan fingerprint density at radius 3 is 2.58 bits per heavy atom. The van der Waals surface area contributed by atoms with E-state index < -0.39 is 28.7 Å². The number of benzene rings is 2. The van der Waals surface area contributed by atoms with Crippen LogP contribution in [0.4, 0.5) is 23.2 Å². The predicted molar refractivity (Wildman–Crippen MR) is 110 cm³/mol. The van der Waals surface area contributed by atoms with Crippen molar-refractivity contribution in [1.82, 2.24) is 10.2 Å². The van der Waals surface area contributed by atoms with Gasteiger partial charge in [-0.3, -0.25) is 14.5 Å². The third-order valence-corrected chi connectivity index (χ3v) is 5.62. The molecule has 0 radical (unpaired) electrons. The van der Waals surface area contributed by atoms with Gasteiger partial charge in [0.05, 0.1) is 23.0 Å². The molecule has 0 saturated carbocycles. The maximum atomic E-state index is 13.2. The highest BCUT2D eigenvalue weighted by Gasteiger charge is 2.36. The fourth-order valence-electron chi connectivity index (χ4n) is 2.92. The van der Waals surface area contributed by atoms with Gasteiger partial charge in [0, 0.05) is 13.0 Å². The third-order valence-electron chi connectivity index (χ3n) is 4.44. The number of hydrogen-bond donors (Lipinski definition) is 1. The van der Waals surface area contributed by atoms with Crippen LogP contribution in [0.15, 0.2) is 53.5 Å². The van der Waals surface area contributed by atoms with Gasteiger partial charge < -0.3 is 5.32 Å². The van der Waals surface area contributed by atoms with Crippen LogP contribution in [0.2, 0.25) is 0 Å². The molecule has 2 amide bonds. The van der Waals surface area contributed by atoms with Crippen LogP contribution in [0.25, 0.3) is 0 Å². The Balaban J connectivity index is 1.96. The average Bonchev–Trinajstić information content (AvgIpc) is 2.71. The zero-order valence-electron chi connectivity index (χ0n) is 16.4. The van der Waals surface area contributed by atoms with E-state index in [0.29, 0.717) is 12.1 Å². The number of carbonyl (C=O) groups excluding carboxylic acids is 2. The molecule has 0 aliphatic carbocycles. The summed E-state index contributed by atoms with van der Waals surface area (Å²) in [5, 5.41) is 2.00. The van der Waals surface area contributed by atoms with Crippen LogP contribution in [-0.4, -0.2) is 33.7 Å². The number of alkyl halides is 3. The number of carbonyl (C=O) groups is 2. The molecule has 1 aliphatic rings. The quantitative estimate of drug-likeness (QED) is 0.678. The number of thioether (sulfide) groups is 1. The van der Waals surface area contributed by atoms with Gasteiger partial charge in [-0.05, 0) is 42.8 Å². The molecule has 31 heavy (non-hydrogen) atoms. The van der Waals surface area contributed by atoms with Gasteiger partial charge in [-0.1, -0.05) is 30.0 Å². The van der Waals surface area contributed by atoms with Gasteiger partial charge in [-0.15, -0.1) is 0 Å². The lowest BCUT2D eigenvalue weighted by Crippen LogP contribution is -2.46. The van der Waals surface area contributed by atoms with Crippen molar-refractivity contribution in [2.75, 3.05) is 6.54 Å². The maximum absolute atomic E-state index is 13.2. The number of nitrogens with zero attached hydrogens (tertiary/aromatic N) is 2. The lowest BCUT2D eigenvalue weighted by atomic mass is 10.2. The second-order valence-electron chi connectivity index (χ2n) is 6.75. The Hall–Kier alpha value is -2.88. The molecule has 5 nitrogen and oxygen atoms in total. The molecule has 10 heteroatoms. The molecule has 3 rings (SSSR count). The normalized spacial score (nSPS) is 18.4. The van der Waals surface area contributed by atoms with Crippen molar-refractivity contribution in [3.05, 3.63) is 65.5 Å². The van der Waals surface area contributed by atoms with Crippen molar-refractivity contribution in [2.45, 2.75) is 31.3 Å². The molecule has 1 fully saturated rings. The SMILES string of the molecule is CCNC(=O)C1CC(=O)N(Cc2ccc(F)cc2)C(=Nc2cccc(C(F)(F)F)c2)S1. The molecular formula is C21H19F4N3O2S. The molecule has 1 N–H and O–H groups in total. The van der Waals surface area contributed by atoms with Gasteiger partial charge in [0.2, 0.25) is 11.8 Å². The number of amidine groups is 1. The first kappa shape index (κ1) is 22.8. The number of nitrogens with one attached hydrogen (secondary N) is 1. The zero-order valence-corrected chi connectivity index (χ0v) is 17.3. The van der Waals surface area contributed by atoms with Gasteiger partial charge in [0.15, 0.2) is 5.17 Å². The van der Waals surface area contributed by atoms with Crippen molar-refractivity contribution >= 4 is 34.4 Å². The van der Waals surface area contributed by atoms with Gasteiger partial charge in [0.1, 0.15) is 5.82 Å². The maximum Gasteiger partial charge on any atom is 0.416 e. The molecule has 1 unspecified atom stereocenters. The van der Waals surface area contributed by atoms with Crippen LogP contribution in [0, 0.1) is 5.82 Å². The highest BCUT2D eigenvalue weighted by molar-refractivity contribution is 8.15. The van der Waals surface area contributed by atoms with Crippen molar-refractivity contribution in [3.8, 4) is 0 Å². The average molecular weight is 453 g/mol. The fourth-order valence-corrected chi connectivity index (χ4v) is 4.04. The first-order chi connectivity index (χ1) is 14.7. The second kappa shape index (κ2) is 9.51. The molecule has 2 aromatic carbocycles. The number of halogens is 4. The van der Waals surface area contributed by atoms with Crippen LogP contribution in [0.5, 0.6) is 0 Å². The first-order valence-corrected chi connectivity index (χ1v) is 10.3. The van der Waals surface area contributed by atoms with Crippen LogP contribution in [0.3, 0.4) is 0 Å². The summed E-state index contributed by atoms with van der Waals surface area (Å²) in [6.07, 6.45) is -4.62. The van der Waals surface area contributed by atoms with E-state index in [1.165, 1.54) is 41.3 Å². The largest absolute Gasteiger partial charge is 0.416 e. The van der Waals surface area contributed by atoms with Crippen molar-refractivity contribution in [3.63, 3.8) is 0 Å². The highest BCUT2D eigenvalue weighted by Crippen LogP contribution is 2.34. The Bertz CT molecular complexity index is 993. The molecule has 0 spiro atoms. The molecule has 1 atom stereocenters. The van der Waals surface area contributed by atoms with E-state index in [1.54, 1.807) is 6.92 Å². The van der Waals surface area contributed by atoms with E-state index in [4.69, 9.17) is 0 Å². The van der Waals surface area contributed by atoms with E-state index in [9.17, 15) is 27.2 Å². The molecule has 0 bridgehead atoms. The Kier molecular flexibility index (Phi) is 6.99. The van der Waals surface area contributed by atoms with E-state index in [0.717, 1.165) is 23.9 Å². The van der Waals surface area contributed by atoms with Crippen LogP contribution < -0.4 is 5.32 Å². The number of aliphatic imine (C=N–C) groups is 1. The molecule has 164 valence electrons. The predicted octanol–water partition coefficient (Wildman–Crippen LogP) is 4.50. The number of amides is 2. The van der Waals surface area contributed by atoms with Crippen LogP contribution in [-0.2, 0) is 22.3 Å². The molecule has 1 saturated heterocycles. The van der Waals surface area contributed by atoms with Crippen LogP contribution in [0.1, 0.15) is 24.5 Å². The minimum atomic E-state index is -4.54. The topological polar surface area (TPSA) is 61.8 Å². The number of rotatable bonds is 5. The minimum absolute atomic E-state index is 0.00535. The minimum Gasteiger partial charge on any atom is -0.355 e. The third kappa shape index (κ3) is 5.84. The summed E-state index contributed by atoms with van der Waals surface area (Å²) in [6, 6.07) is 9.93. The Labute approximate surface area is 180 Å². The lowest BCUT2D eigenvalue weighted by Gasteiger charge is -2.31. The monoisotopic (exact) mass is 453 g/mol. The van der Waals surface area contributed by atoms with E-state index in [1.807, 2.05) is 0 Å². The fraction of sp³-hybridized carbons (Fsp3) is 0.286. The van der Waals surface area contributed by atoms with Crippen molar-refractivity contribution in [1.29, 1.82) is 0 Å². The van der Waals surface area contributed by atoms with E-state index >= 15 is 0 Å². The van der Waals surface area contributed by atoms with Crippen LogP contribution >= 0.6 is 11.8 Å². The van der Waals surface area contributed by atoms with Gasteiger partial charge in [-0.2, -0.15) is 13.2 Å².